The molecule has 0 aliphatic rings. The summed E-state index contributed by atoms with van der Waals surface area (Å²) in [5, 5.41) is 10.1. The summed E-state index contributed by atoms with van der Waals surface area (Å²) in [6, 6.07) is 18.1. The van der Waals surface area contributed by atoms with E-state index in [2.05, 4.69) is 51.4 Å². The van der Waals surface area contributed by atoms with Gasteiger partial charge in [0.25, 0.3) is 0 Å². The molecule has 0 atom stereocenters. The van der Waals surface area contributed by atoms with Crippen molar-refractivity contribution in [1.29, 1.82) is 0 Å². The van der Waals surface area contributed by atoms with Crippen LogP contribution >= 0.6 is 0 Å². The molecule has 0 aliphatic carbocycles. The smallest absolute Gasteiger partial charge is 0.162 e. The van der Waals surface area contributed by atoms with Gasteiger partial charge in [-0.25, -0.2) is 0 Å². The lowest BCUT2D eigenvalue weighted by molar-refractivity contribution is 0.258. The van der Waals surface area contributed by atoms with Gasteiger partial charge < -0.3 is 24.1 Å². The first-order valence-electron chi connectivity index (χ1n) is 32.2. The fourth-order valence-corrected chi connectivity index (χ4v) is 9.90. The van der Waals surface area contributed by atoms with Gasteiger partial charge in [-0.2, -0.15) is 0 Å². The second-order valence-electron chi connectivity index (χ2n) is 22.0. The van der Waals surface area contributed by atoms with E-state index in [-0.39, 0.29) is 6.61 Å². The van der Waals surface area contributed by atoms with Crippen LogP contribution in [0, 0.1) is 23.7 Å². The molecule has 0 aliphatic heterocycles. The fraction of sp³-hybridized carbons (Fsp3) is 0.690. The molecule has 0 saturated heterocycles. The van der Waals surface area contributed by atoms with Crippen LogP contribution in [0.3, 0.4) is 0 Å². The van der Waals surface area contributed by atoms with Crippen molar-refractivity contribution in [2.75, 3.05) is 26.4 Å². The summed E-state index contributed by atoms with van der Waals surface area (Å²) in [5.41, 5.74) is 4.12. The topological polar surface area (TPSA) is 57.2 Å². The molecule has 426 valence electrons. The van der Waals surface area contributed by atoms with Gasteiger partial charge in [0.2, 0.25) is 0 Å². The van der Waals surface area contributed by atoms with E-state index in [9.17, 15) is 5.11 Å². The summed E-state index contributed by atoms with van der Waals surface area (Å²) in [6.45, 7) is 11.8. The Morgan fingerprint density at radius 1 is 0.276 bits per heavy atom. The molecule has 0 fully saturated rings. The van der Waals surface area contributed by atoms with Gasteiger partial charge in [0.05, 0.1) is 33.0 Å². The molecule has 0 radical (unpaired) electrons. The zero-order valence-electron chi connectivity index (χ0n) is 49.6. The van der Waals surface area contributed by atoms with Gasteiger partial charge in [0.15, 0.2) is 23.0 Å². The van der Waals surface area contributed by atoms with E-state index in [0.29, 0.717) is 26.4 Å². The van der Waals surface area contributed by atoms with Crippen molar-refractivity contribution in [3.05, 3.63) is 82.4 Å². The number of rotatable bonds is 49. The summed E-state index contributed by atoms with van der Waals surface area (Å²) >= 11 is 0. The lowest BCUT2D eigenvalue weighted by Crippen LogP contribution is -2.03. The number of aliphatic hydroxyl groups is 1. The van der Waals surface area contributed by atoms with E-state index in [1.165, 1.54) is 231 Å². The summed E-state index contributed by atoms with van der Waals surface area (Å²) in [6.07, 6.45) is 51.8. The van der Waals surface area contributed by atoms with Gasteiger partial charge >= 0.3 is 0 Å². The Kier molecular flexibility index (Phi) is 41.9. The molecule has 0 heterocycles. The Bertz CT molecular complexity index is 1960. The molecule has 0 aromatic heterocycles. The minimum Gasteiger partial charge on any atom is -0.490 e. The molecule has 0 amide bonds. The Balaban J connectivity index is 1.70. The zero-order chi connectivity index (χ0) is 54.0. The molecular formula is C71H112O5. The van der Waals surface area contributed by atoms with Gasteiger partial charge in [-0.15, -0.1) is 0 Å². The van der Waals surface area contributed by atoms with Crippen molar-refractivity contribution >= 4 is 0 Å². The third-order valence-electron chi connectivity index (χ3n) is 14.9. The molecule has 5 heteroatoms. The van der Waals surface area contributed by atoms with Crippen molar-refractivity contribution < 1.29 is 24.1 Å². The second kappa shape index (κ2) is 48.1. The maximum Gasteiger partial charge on any atom is 0.162 e. The average molecular weight is 1050 g/mol. The third kappa shape index (κ3) is 34.0. The van der Waals surface area contributed by atoms with Crippen LogP contribution in [-0.2, 0) is 6.61 Å². The van der Waals surface area contributed by atoms with E-state index < -0.39 is 0 Å². The fourth-order valence-electron chi connectivity index (χ4n) is 9.90. The van der Waals surface area contributed by atoms with Crippen molar-refractivity contribution in [2.45, 2.75) is 291 Å². The zero-order valence-corrected chi connectivity index (χ0v) is 49.6. The third-order valence-corrected chi connectivity index (χ3v) is 14.9. The molecule has 0 bridgehead atoms. The summed E-state index contributed by atoms with van der Waals surface area (Å²) < 4.78 is 25.7. The van der Waals surface area contributed by atoms with Gasteiger partial charge in [-0.3, -0.25) is 0 Å². The minimum absolute atomic E-state index is 0.0647. The van der Waals surface area contributed by atoms with Crippen LogP contribution in [0.15, 0.2) is 54.6 Å². The van der Waals surface area contributed by atoms with Crippen LogP contribution in [-0.4, -0.2) is 31.5 Å². The number of benzene rings is 3. The van der Waals surface area contributed by atoms with Gasteiger partial charge in [0, 0.05) is 22.3 Å². The van der Waals surface area contributed by atoms with Crippen LogP contribution in [0.4, 0.5) is 0 Å². The van der Waals surface area contributed by atoms with Crippen LogP contribution in [0.5, 0.6) is 23.0 Å². The van der Waals surface area contributed by atoms with Crippen LogP contribution < -0.4 is 18.9 Å². The van der Waals surface area contributed by atoms with Crippen molar-refractivity contribution in [3.8, 4) is 46.7 Å². The van der Waals surface area contributed by atoms with E-state index in [1.54, 1.807) is 0 Å². The molecule has 3 aromatic carbocycles. The van der Waals surface area contributed by atoms with E-state index >= 15 is 0 Å². The maximum absolute atomic E-state index is 10.1. The number of aliphatic hydroxyl groups excluding tert-OH is 1. The molecule has 0 unspecified atom stereocenters. The van der Waals surface area contributed by atoms with Crippen LogP contribution in [0.25, 0.3) is 0 Å². The minimum atomic E-state index is -0.0647. The average Bonchev–Trinajstić information content (AvgIpc) is 3.44. The molecule has 76 heavy (non-hydrogen) atoms. The first-order chi connectivity index (χ1) is 37.6. The maximum atomic E-state index is 10.1. The molecule has 0 spiro atoms. The normalized spacial score (nSPS) is 11.0. The highest BCUT2D eigenvalue weighted by Gasteiger charge is 2.10. The summed E-state index contributed by atoms with van der Waals surface area (Å²) in [7, 11) is 0. The predicted octanol–water partition coefficient (Wildman–Crippen LogP) is 21.2. The van der Waals surface area contributed by atoms with Gasteiger partial charge in [0.1, 0.15) is 0 Å². The highest BCUT2D eigenvalue weighted by molar-refractivity contribution is 5.58. The predicted molar refractivity (Wildman–Crippen MR) is 327 cm³/mol. The van der Waals surface area contributed by atoms with Gasteiger partial charge in [-0.1, -0.05) is 289 Å². The standard InChI is InChI=1S/C71H112O5/c1-5-9-13-17-21-25-29-33-37-41-55-73-68-53-48-63(60-70(68)75-57-43-39-35-31-27-23-19-15-11-7-3)45-50-66-51-47-65(62-72)59-67(66)52-46-64-49-54-69(74-56-42-38-34-30-26-22-18-14-10-6-2)71(61-64)76-58-44-40-36-32-28-24-20-16-12-8-4/h47-49,51,53-54,59-61,72H,5-44,55-58,62H2,1-4H3. The largest absolute Gasteiger partial charge is 0.490 e. The van der Waals surface area contributed by atoms with Gasteiger partial charge in [-0.05, 0) is 79.8 Å². The van der Waals surface area contributed by atoms with Crippen molar-refractivity contribution in [3.63, 3.8) is 0 Å². The van der Waals surface area contributed by atoms with Crippen LogP contribution in [0.1, 0.15) is 312 Å². The molecule has 5 nitrogen and oxygen atoms in total. The Morgan fingerprint density at radius 3 is 0.855 bits per heavy atom. The Morgan fingerprint density at radius 2 is 0.553 bits per heavy atom. The highest BCUT2D eigenvalue weighted by atomic mass is 16.5. The summed E-state index contributed by atoms with van der Waals surface area (Å²) in [5.74, 6) is 16.8. The second-order valence-corrected chi connectivity index (χ2v) is 22.0. The molecular weight excluding hydrogens is 933 g/mol. The van der Waals surface area contributed by atoms with Crippen molar-refractivity contribution in [1.82, 2.24) is 0 Å². The molecule has 3 rings (SSSR count). The SMILES string of the molecule is CCCCCCCCCCCCOc1ccc(C#Cc2ccc(CO)cc2C#Cc2ccc(OCCCCCCCCCCCC)c(OCCCCCCCCCCCC)c2)cc1OCCCCCCCCCCCC. The van der Waals surface area contributed by atoms with Crippen molar-refractivity contribution in [2.24, 2.45) is 0 Å². The first-order valence-corrected chi connectivity index (χ1v) is 32.2. The Hall–Kier alpha value is -4.06. The van der Waals surface area contributed by atoms with E-state index in [0.717, 1.165) is 76.5 Å². The number of hydrogen-bond acceptors (Lipinski definition) is 5. The molecule has 1 N–H and O–H groups in total. The van der Waals surface area contributed by atoms with E-state index in [4.69, 9.17) is 18.9 Å². The first kappa shape index (κ1) is 66.2. The molecule has 3 aromatic rings. The highest BCUT2D eigenvalue weighted by Crippen LogP contribution is 2.31. The number of hydrogen-bond donors (Lipinski definition) is 1. The number of unbranched alkanes of at least 4 members (excludes halogenated alkanes) is 36. The molecule has 0 saturated carbocycles. The Labute approximate surface area is 468 Å². The number of ether oxygens (including phenoxy) is 4. The monoisotopic (exact) mass is 1040 g/mol. The summed E-state index contributed by atoms with van der Waals surface area (Å²) in [4.78, 5) is 0. The lowest BCUT2D eigenvalue weighted by Gasteiger charge is -2.13. The van der Waals surface area contributed by atoms with Crippen LogP contribution in [0.2, 0.25) is 0 Å². The van der Waals surface area contributed by atoms with E-state index in [1.807, 2.05) is 54.6 Å². The quantitative estimate of drug-likeness (QED) is 0.0451. The lowest BCUT2D eigenvalue weighted by atomic mass is 10.0.